The van der Waals surface area contributed by atoms with Crippen molar-refractivity contribution < 1.29 is 9.47 Å². The molecular weight excluding hydrogens is 346 g/mol. The lowest BCUT2D eigenvalue weighted by atomic mass is 10.0. The van der Waals surface area contributed by atoms with Crippen molar-refractivity contribution in [3.63, 3.8) is 0 Å². The van der Waals surface area contributed by atoms with Gasteiger partial charge < -0.3 is 14.8 Å². The van der Waals surface area contributed by atoms with E-state index in [-0.39, 0.29) is 0 Å². The highest BCUT2D eigenvalue weighted by Crippen LogP contribution is 2.29. The molecule has 0 amide bonds. The molecule has 1 N–H and O–H groups in total. The minimum absolute atomic E-state index is 0.453. The zero-order valence-corrected chi connectivity index (χ0v) is 15.8. The Labute approximate surface area is 159 Å². The fourth-order valence-electron chi connectivity index (χ4n) is 2.96. The SMILES string of the molecule is COCCCNCc1c(OCc2ccccc2Cl)ccc2ccccc12. The summed E-state index contributed by atoms with van der Waals surface area (Å²) < 4.78 is 11.3. The van der Waals surface area contributed by atoms with E-state index in [9.17, 15) is 0 Å². The Morgan fingerprint density at radius 2 is 1.77 bits per heavy atom. The zero-order valence-electron chi connectivity index (χ0n) is 15.0. The number of benzene rings is 3. The summed E-state index contributed by atoms with van der Waals surface area (Å²) in [5.41, 5.74) is 2.16. The molecule has 0 saturated carbocycles. The summed E-state index contributed by atoms with van der Waals surface area (Å²) in [6, 6.07) is 20.3. The largest absolute Gasteiger partial charge is 0.488 e. The van der Waals surface area contributed by atoms with E-state index in [2.05, 4.69) is 35.6 Å². The molecule has 26 heavy (non-hydrogen) atoms. The van der Waals surface area contributed by atoms with Crippen LogP contribution in [-0.4, -0.2) is 20.3 Å². The number of fused-ring (bicyclic) bond motifs is 1. The molecule has 0 saturated heterocycles. The fourth-order valence-corrected chi connectivity index (χ4v) is 3.15. The van der Waals surface area contributed by atoms with Gasteiger partial charge in [0.2, 0.25) is 0 Å². The first-order valence-electron chi connectivity index (χ1n) is 8.86. The molecular formula is C22H24ClNO2. The predicted octanol–water partition coefficient (Wildman–Crippen LogP) is 5.20. The number of hydrogen-bond donors (Lipinski definition) is 1. The van der Waals surface area contributed by atoms with Crippen molar-refractivity contribution in [1.29, 1.82) is 0 Å². The van der Waals surface area contributed by atoms with Crippen molar-refractivity contribution in [2.75, 3.05) is 20.3 Å². The maximum absolute atomic E-state index is 6.25. The molecule has 0 unspecified atom stereocenters. The van der Waals surface area contributed by atoms with Crippen LogP contribution in [0.1, 0.15) is 17.5 Å². The van der Waals surface area contributed by atoms with Gasteiger partial charge in [0, 0.05) is 36.4 Å². The Kier molecular flexibility index (Phi) is 6.89. The second-order valence-electron chi connectivity index (χ2n) is 6.17. The van der Waals surface area contributed by atoms with Gasteiger partial charge in [-0.05, 0) is 35.9 Å². The number of methoxy groups -OCH3 is 1. The average molecular weight is 370 g/mol. The Balaban J connectivity index is 1.79. The number of nitrogens with one attached hydrogen (secondary N) is 1. The molecule has 0 bridgehead atoms. The van der Waals surface area contributed by atoms with Crippen LogP contribution in [-0.2, 0) is 17.9 Å². The molecule has 0 aliphatic rings. The van der Waals surface area contributed by atoms with Crippen molar-refractivity contribution >= 4 is 22.4 Å². The minimum Gasteiger partial charge on any atom is -0.488 e. The Morgan fingerprint density at radius 3 is 2.62 bits per heavy atom. The third-order valence-electron chi connectivity index (χ3n) is 4.34. The standard InChI is InChI=1S/C22H24ClNO2/c1-25-14-6-13-24-15-20-19-9-4-2-7-17(19)11-12-22(20)26-16-18-8-3-5-10-21(18)23/h2-5,7-12,24H,6,13-16H2,1H3. The lowest BCUT2D eigenvalue weighted by molar-refractivity contribution is 0.194. The second-order valence-corrected chi connectivity index (χ2v) is 6.57. The smallest absolute Gasteiger partial charge is 0.124 e. The Hall–Kier alpha value is -2.07. The first-order valence-corrected chi connectivity index (χ1v) is 9.24. The highest BCUT2D eigenvalue weighted by molar-refractivity contribution is 6.31. The van der Waals surface area contributed by atoms with Gasteiger partial charge in [0.1, 0.15) is 12.4 Å². The number of halogens is 1. The number of rotatable bonds is 9. The molecule has 0 aliphatic carbocycles. The molecule has 3 aromatic rings. The summed E-state index contributed by atoms with van der Waals surface area (Å²) in [4.78, 5) is 0. The predicted molar refractivity (Wildman–Crippen MR) is 108 cm³/mol. The summed E-state index contributed by atoms with van der Waals surface area (Å²) in [6.45, 7) is 2.87. The van der Waals surface area contributed by atoms with E-state index in [0.717, 1.165) is 42.5 Å². The van der Waals surface area contributed by atoms with Crippen molar-refractivity contribution in [2.45, 2.75) is 19.6 Å². The average Bonchev–Trinajstić information content (AvgIpc) is 2.68. The fraction of sp³-hybridized carbons (Fsp3) is 0.273. The van der Waals surface area contributed by atoms with Crippen LogP contribution in [0.5, 0.6) is 5.75 Å². The van der Waals surface area contributed by atoms with Crippen molar-refractivity contribution in [3.8, 4) is 5.75 Å². The summed E-state index contributed by atoms with van der Waals surface area (Å²) in [6.07, 6.45) is 0.983. The molecule has 0 atom stereocenters. The van der Waals surface area contributed by atoms with Crippen molar-refractivity contribution in [2.24, 2.45) is 0 Å². The van der Waals surface area contributed by atoms with Gasteiger partial charge in [0.05, 0.1) is 0 Å². The van der Waals surface area contributed by atoms with Gasteiger partial charge >= 0.3 is 0 Å². The van der Waals surface area contributed by atoms with Crippen LogP contribution in [0.15, 0.2) is 60.7 Å². The molecule has 0 aliphatic heterocycles. The van der Waals surface area contributed by atoms with Crippen molar-refractivity contribution in [3.05, 3.63) is 76.8 Å². The van der Waals surface area contributed by atoms with Crippen LogP contribution in [0.25, 0.3) is 10.8 Å². The quantitative estimate of drug-likeness (QED) is 0.526. The normalized spacial score (nSPS) is 11.0. The van der Waals surface area contributed by atoms with Gasteiger partial charge in [-0.2, -0.15) is 0 Å². The number of hydrogen-bond acceptors (Lipinski definition) is 3. The molecule has 0 heterocycles. The van der Waals surface area contributed by atoms with Crippen molar-refractivity contribution in [1.82, 2.24) is 5.32 Å². The third kappa shape index (κ3) is 4.76. The van der Waals surface area contributed by atoms with Crippen LogP contribution >= 0.6 is 11.6 Å². The van der Waals surface area contributed by atoms with Gasteiger partial charge in [0.25, 0.3) is 0 Å². The second kappa shape index (κ2) is 9.58. The van der Waals surface area contributed by atoms with Gasteiger partial charge in [0.15, 0.2) is 0 Å². The van der Waals surface area contributed by atoms with Gasteiger partial charge in [-0.3, -0.25) is 0 Å². The monoisotopic (exact) mass is 369 g/mol. The first-order chi connectivity index (χ1) is 12.8. The molecule has 136 valence electrons. The maximum Gasteiger partial charge on any atom is 0.124 e. The highest BCUT2D eigenvalue weighted by atomic mass is 35.5. The highest BCUT2D eigenvalue weighted by Gasteiger charge is 2.10. The van der Waals surface area contributed by atoms with Crippen LogP contribution in [0, 0.1) is 0 Å². The third-order valence-corrected chi connectivity index (χ3v) is 4.71. The summed E-state index contributed by atoms with van der Waals surface area (Å²) in [5.74, 6) is 0.892. The molecule has 3 aromatic carbocycles. The molecule has 0 fully saturated rings. The molecule has 3 nitrogen and oxygen atoms in total. The molecule has 3 rings (SSSR count). The van der Waals surface area contributed by atoms with Crippen LogP contribution in [0.4, 0.5) is 0 Å². The Bertz CT molecular complexity index is 850. The van der Waals surface area contributed by atoms with E-state index < -0.39 is 0 Å². The van der Waals surface area contributed by atoms with Gasteiger partial charge in [-0.15, -0.1) is 0 Å². The van der Waals surface area contributed by atoms with Crippen LogP contribution < -0.4 is 10.1 Å². The molecule has 0 spiro atoms. The minimum atomic E-state index is 0.453. The summed E-state index contributed by atoms with van der Waals surface area (Å²) in [5, 5.41) is 6.65. The molecule has 0 radical (unpaired) electrons. The van der Waals surface area contributed by atoms with E-state index >= 15 is 0 Å². The van der Waals surface area contributed by atoms with Crippen LogP contribution in [0.3, 0.4) is 0 Å². The van der Waals surface area contributed by atoms with E-state index in [4.69, 9.17) is 21.1 Å². The summed E-state index contributed by atoms with van der Waals surface area (Å²) >= 11 is 6.25. The lowest BCUT2D eigenvalue weighted by Crippen LogP contribution is -2.17. The van der Waals surface area contributed by atoms with Gasteiger partial charge in [-0.25, -0.2) is 0 Å². The van der Waals surface area contributed by atoms with E-state index in [1.54, 1.807) is 7.11 Å². The molecule has 4 heteroatoms. The first kappa shape index (κ1) is 18.7. The molecule has 0 aromatic heterocycles. The zero-order chi connectivity index (χ0) is 18.2. The van der Waals surface area contributed by atoms with E-state index in [0.29, 0.717) is 6.61 Å². The van der Waals surface area contributed by atoms with Gasteiger partial charge in [-0.1, -0.05) is 60.1 Å². The number of ether oxygens (including phenoxy) is 2. The van der Waals surface area contributed by atoms with Crippen LogP contribution in [0.2, 0.25) is 5.02 Å². The topological polar surface area (TPSA) is 30.5 Å². The Morgan fingerprint density at radius 1 is 0.962 bits per heavy atom. The lowest BCUT2D eigenvalue weighted by Gasteiger charge is -2.15. The maximum atomic E-state index is 6.25. The van der Waals surface area contributed by atoms with E-state index in [1.165, 1.54) is 16.3 Å². The van der Waals surface area contributed by atoms with E-state index in [1.807, 2.05) is 30.3 Å². The summed E-state index contributed by atoms with van der Waals surface area (Å²) in [7, 11) is 1.73.